The van der Waals surface area contributed by atoms with Gasteiger partial charge in [0.25, 0.3) is 0 Å². The van der Waals surface area contributed by atoms with Gasteiger partial charge in [-0.2, -0.15) is 0 Å². The molecule has 2 unspecified atom stereocenters. The van der Waals surface area contributed by atoms with Crippen LogP contribution in [0.25, 0.3) is 0 Å². The molecule has 1 fully saturated rings. The van der Waals surface area contributed by atoms with Crippen molar-refractivity contribution >= 4 is 8.07 Å². The highest BCUT2D eigenvalue weighted by Gasteiger charge is 2.48. The van der Waals surface area contributed by atoms with E-state index in [1.54, 1.807) is 0 Å². The maximum atomic E-state index is 4.03. The molecule has 0 radical (unpaired) electrons. The maximum Gasteiger partial charge on any atom is 0.0529 e. The number of hydrogen-bond donors (Lipinski definition) is 0. The van der Waals surface area contributed by atoms with Gasteiger partial charge in [0.15, 0.2) is 0 Å². The van der Waals surface area contributed by atoms with Crippen LogP contribution in [-0.4, -0.2) is 8.07 Å². The van der Waals surface area contributed by atoms with E-state index >= 15 is 0 Å². The first-order chi connectivity index (χ1) is 4.48. The van der Waals surface area contributed by atoms with E-state index in [1.807, 2.05) is 6.08 Å². The first-order valence-corrected chi connectivity index (χ1v) is 7.37. The van der Waals surface area contributed by atoms with Crippen LogP contribution in [0.5, 0.6) is 0 Å². The van der Waals surface area contributed by atoms with Crippen molar-refractivity contribution in [3.63, 3.8) is 0 Å². The van der Waals surface area contributed by atoms with Crippen molar-refractivity contribution in [1.29, 1.82) is 0 Å². The summed E-state index contributed by atoms with van der Waals surface area (Å²) in [5, 5.41) is 0. The summed E-state index contributed by atoms with van der Waals surface area (Å²) in [6.07, 6.45) is 2.05. The molecule has 0 bridgehead atoms. The molecule has 0 aliphatic heterocycles. The third kappa shape index (κ3) is 1.10. The lowest BCUT2D eigenvalue weighted by Crippen LogP contribution is -2.20. The summed E-state index contributed by atoms with van der Waals surface area (Å²) < 4.78 is 0. The van der Waals surface area contributed by atoms with Crippen molar-refractivity contribution in [3.05, 3.63) is 24.8 Å². The lowest BCUT2D eigenvalue weighted by atomic mass is 10.4. The average Bonchev–Trinajstić information content (AvgIpc) is 2.39. The Morgan fingerprint density at radius 1 is 1.40 bits per heavy atom. The van der Waals surface area contributed by atoms with E-state index in [2.05, 4.69) is 32.8 Å². The molecule has 0 aromatic heterocycles. The van der Waals surface area contributed by atoms with E-state index in [0.717, 1.165) is 5.54 Å². The molecule has 1 heteroatoms. The molecule has 10 heavy (non-hydrogen) atoms. The van der Waals surface area contributed by atoms with Crippen LogP contribution in [0.15, 0.2) is 24.8 Å². The van der Waals surface area contributed by atoms with Crippen molar-refractivity contribution in [2.45, 2.75) is 25.2 Å². The number of rotatable bonds is 2. The average molecular weight is 152 g/mol. The molecule has 1 aliphatic rings. The van der Waals surface area contributed by atoms with Crippen LogP contribution >= 0.6 is 0 Å². The molecule has 0 N–H and O–H groups in total. The molecule has 0 spiro atoms. The number of hydrogen-bond acceptors (Lipinski definition) is 0. The lowest BCUT2D eigenvalue weighted by Gasteiger charge is -2.13. The highest BCUT2D eigenvalue weighted by Crippen LogP contribution is 2.56. The third-order valence-corrected chi connectivity index (χ3v) is 4.86. The van der Waals surface area contributed by atoms with Gasteiger partial charge in [-0.05, 0) is 5.54 Å². The summed E-state index contributed by atoms with van der Waals surface area (Å²) in [7, 11) is -0.941. The van der Waals surface area contributed by atoms with Crippen LogP contribution in [0, 0.1) is 5.92 Å². The minimum Gasteiger partial charge on any atom is -0.102 e. The van der Waals surface area contributed by atoms with Gasteiger partial charge in [-0.15, -0.1) is 6.58 Å². The molecule has 0 saturated heterocycles. The van der Waals surface area contributed by atoms with Crippen molar-refractivity contribution in [1.82, 2.24) is 0 Å². The van der Waals surface area contributed by atoms with Crippen molar-refractivity contribution < 1.29 is 0 Å². The predicted molar refractivity (Wildman–Crippen MR) is 49.9 cm³/mol. The van der Waals surface area contributed by atoms with E-state index in [1.165, 1.54) is 5.57 Å². The zero-order valence-corrected chi connectivity index (χ0v) is 8.15. The van der Waals surface area contributed by atoms with Crippen LogP contribution in [-0.2, 0) is 0 Å². The zero-order chi connectivity index (χ0) is 7.94. The monoisotopic (exact) mass is 152 g/mol. The predicted octanol–water partition coefficient (Wildman–Crippen LogP) is 3.07. The summed E-state index contributed by atoms with van der Waals surface area (Å²) in [4.78, 5) is 0. The standard InChI is InChI=1S/C9H16Si/c1-6-8-7(2)9(8)10(3,4)5/h6,8-9H,1-2H2,3-5H3. The molecular formula is C9H16Si. The Labute approximate surface area is 64.7 Å². The zero-order valence-electron chi connectivity index (χ0n) is 7.15. The highest BCUT2D eigenvalue weighted by atomic mass is 28.3. The first-order valence-electron chi connectivity index (χ1n) is 3.79. The fraction of sp³-hybridized carbons (Fsp3) is 0.556. The van der Waals surface area contributed by atoms with Gasteiger partial charge in [0.2, 0.25) is 0 Å². The van der Waals surface area contributed by atoms with Gasteiger partial charge >= 0.3 is 0 Å². The van der Waals surface area contributed by atoms with Gasteiger partial charge in [0.1, 0.15) is 0 Å². The Bertz CT molecular complexity index is 174. The van der Waals surface area contributed by atoms with E-state index in [4.69, 9.17) is 0 Å². The van der Waals surface area contributed by atoms with Crippen LogP contribution in [0.2, 0.25) is 25.2 Å². The Morgan fingerprint density at radius 2 is 1.90 bits per heavy atom. The molecule has 1 rings (SSSR count). The van der Waals surface area contributed by atoms with E-state index in [-0.39, 0.29) is 0 Å². The second-order valence-corrected chi connectivity index (χ2v) is 9.53. The molecule has 0 aromatic rings. The fourth-order valence-electron chi connectivity index (χ4n) is 1.72. The van der Waals surface area contributed by atoms with E-state index in [0.29, 0.717) is 5.92 Å². The Hall–Kier alpha value is -0.303. The molecule has 1 saturated carbocycles. The van der Waals surface area contributed by atoms with E-state index in [9.17, 15) is 0 Å². The molecule has 2 atom stereocenters. The Balaban J connectivity index is 2.65. The second-order valence-electron chi connectivity index (χ2n) is 4.18. The van der Waals surface area contributed by atoms with Crippen molar-refractivity contribution in [2.24, 2.45) is 5.92 Å². The fourth-order valence-corrected chi connectivity index (χ4v) is 4.36. The summed E-state index contributed by atoms with van der Waals surface area (Å²) in [5.74, 6) is 0.659. The smallest absolute Gasteiger partial charge is 0.0529 e. The van der Waals surface area contributed by atoms with Crippen LogP contribution in [0.3, 0.4) is 0 Å². The summed E-state index contributed by atoms with van der Waals surface area (Å²) in [5.41, 5.74) is 2.25. The van der Waals surface area contributed by atoms with Gasteiger partial charge < -0.3 is 0 Å². The van der Waals surface area contributed by atoms with Crippen LogP contribution < -0.4 is 0 Å². The SMILES string of the molecule is C=CC1C(=C)C1[Si](C)(C)C. The van der Waals surface area contributed by atoms with Crippen LogP contribution in [0.1, 0.15) is 0 Å². The van der Waals surface area contributed by atoms with Gasteiger partial charge in [-0.25, -0.2) is 0 Å². The minimum absolute atomic E-state index is 0.659. The lowest BCUT2D eigenvalue weighted by molar-refractivity contribution is 1.12. The molecule has 0 nitrogen and oxygen atoms in total. The normalized spacial score (nSPS) is 32.1. The topological polar surface area (TPSA) is 0 Å². The molecule has 1 aliphatic carbocycles. The van der Waals surface area contributed by atoms with Gasteiger partial charge in [0, 0.05) is 5.92 Å². The summed E-state index contributed by atoms with van der Waals surface area (Å²) in [6.45, 7) is 15.0. The molecule has 0 heterocycles. The van der Waals surface area contributed by atoms with E-state index < -0.39 is 8.07 Å². The Kier molecular flexibility index (Phi) is 1.63. The first kappa shape index (κ1) is 7.80. The van der Waals surface area contributed by atoms with Gasteiger partial charge in [-0.1, -0.05) is 37.9 Å². The molecule has 56 valence electrons. The largest absolute Gasteiger partial charge is 0.102 e. The minimum atomic E-state index is -0.941. The summed E-state index contributed by atoms with van der Waals surface area (Å²) in [6, 6.07) is 0. The Morgan fingerprint density at radius 3 is 2.00 bits per heavy atom. The summed E-state index contributed by atoms with van der Waals surface area (Å²) >= 11 is 0. The van der Waals surface area contributed by atoms with Gasteiger partial charge in [0.05, 0.1) is 8.07 Å². The molecule has 0 aromatic carbocycles. The third-order valence-electron chi connectivity index (χ3n) is 2.26. The molecular weight excluding hydrogens is 136 g/mol. The number of allylic oxidation sites excluding steroid dienone is 2. The molecule has 0 amide bonds. The van der Waals surface area contributed by atoms with Gasteiger partial charge in [-0.3, -0.25) is 0 Å². The quantitative estimate of drug-likeness (QED) is 0.421. The van der Waals surface area contributed by atoms with Crippen molar-refractivity contribution in [2.75, 3.05) is 0 Å². The maximum absolute atomic E-state index is 4.03. The van der Waals surface area contributed by atoms with Crippen molar-refractivity contribution in [3.8, 4) is 0 Å². The highest BCUT2D eigenvalue weighted by molar-refractivity contribution is 6.79. The van der Waals surface area contributed by atoms with Crippen LogP contribution in [0.4, 0.5) is 0 Å². The second kappa shape index (κ2) is 2.09.